The first-order valence-electron chi connectivity index (χ1n) is 10.6. The molecule has 33 heavy (non-hydrogen) atoms. The molecule has 2 aromatic carbocycles. The van der Waals surface area contributed by atoms with Gasteiger partial charge in [-0.1, -0.05) is 54.6 Å². The van der Waals surface area contributed by atoms with E-state index in [1.807, 2.05) is 86.7 Å². The number of hydrogen-bond acceptors (Lipinski definition) is 4. The summed E-state index contributed by atoms with van der Waals surface area (Å²) in [5.74, 6) is -0.889. The van der Waals surface area contributed by atoms with Gasteiger partial charge < -0.3 is 5.32 Å². The highest BCUT2D eigenvalue weighted by molar-refractivity contribution is 6.05. The Hall–Kier alpha value is -4.39. The Bertz CT molecular complexity index is 1390. The first kappa shape index (κ1) is 20.5. The van der Waals surface area contributed by atoms with E-state index in [4.69, 9.17) is 0 Å². The topological polar surface area (TPSA) is 88.7 Å². The molecule has 0 radical (unpaired) electrons. The number of aromatic nitrogens is 2. The molecule has 1 N–H and O–H groups in total. The summed E-state index contributed by atoms with van der Waals surface area (Å²) in [4.78, 5) is 24.9. The number of fused-ring (bicyclic) bond motifs is 1. The van der Waals surface area contributed by atoms with Crippen LogP contribution in [0, 0.1) is 19.8 Å². The molecule has 0 saturated carbocycles. The fourth-order valence-corrected chi connectivity index (χ4v) is 4.01. The van der Waals surface area contributed by atoms with Gasteiger partial charge in [-0.25, -0.2) is 4.68 Å². The number of allylic oxidation sites excluding steroid dienone is 3. The number of aryl methyl sites for hydroxylation is 1. The number of carbonyl (C=O) groups excluding carboxylic acids is 2. The van der Waals surface area contributed by atoms with Gasteiger partial charge in [0.05, 0.1) is 34.8 Å². The van der Waals surface area contributed by atoms with Gasteiger partial charge in [0.25, 0.3) is 11.8 Å². The Morgan fingerprint density at radius 1 is 1.00 bits per heavy atom. The van der Waals surface area contributed by atoms with Crippen LogP contribution in [0.25, 0.3) is 11.4 Å². The molecule has 7 nitrogen and oxygen atoms in total. The van der Waals surface area contributed by atoms with Gasteiger partial charge in [-0.05, 0) is 43.2 Å². The Morgan fingerprint density at radius 3 is 2.58 bits per heavy atom. The number of hydrogen-bond donors (Lipinski definition) is 1. The second-order valence-corrected chi connectivity index (χ2v) is 7.94. The van der Waals surface area contributed by atoms with Crippen molar-refractivity contribution < 1.29 is 9.59 Å². The zero-order valence-corrected chi connectivity index (χ0v) is 18.2. The van der Waals surface area contributed by atoms with Crippen LogP contribution in [0.1, 0.15) is 27.2 Å². The van der Waals surface area contributed by atoms with Crippen molar-refractivity contribution in [1.82, 2.24) is 9.78 Å². The Balaban J connectivity index is 1.37. The molecule has 2 amide bonds. The first-order valence-corrected chi connectivity index (χ1v) is 10.6. The van der Waals surface area contributed by atoms with Crippen LogP contribution < -0.4 is 5.32 Å². The minimum absolute atomic E-state index is 0.231. The van der Waals surface area contributed by atoms with E-state index in [9.17, 15) is 9.59 Å². The molecule has 5 rings (SSSR count). The molecule has 1 unspecified atom stereocenters. The second-order valence-electron chi connectivity index (χ2n) is 7.94. The number of azo groups is 1. The molecule has 1 aliphatic heterocycles. The van der Waals surface area contributed by atoms with Gasteiger partial charge >= 0.3 is 0 Å². The lowest BCUT2D eigenvalue weighted by molar-refractivity contribution is -0.119. The highest BCUT2D eigenvalue weighted by Crippen LogP contribution is 2.34. The fraction of sp³-hybridized carbons (Fsp3) is 0.115. The fourth-order valence-electron chi connectivity index (χ4n) is 4.01. The predicted octanol–water partition coefficient (Wildman–Crippen LogP) is 5.19. The van der Waals surface area contributed by atoms with Crippen LogP contribution in [-0.2, 0) is 4.79 Å². The third-order valence-corrected chi connectivity index (χ3v) is 5.83. The van der Waals surface area contributed by atoms with Gasteiger partial charge in [0.2, 0.25) is 0 Å². The van der Waals surface area contributed by atoms with Gasteiger partial charge in [-0.3, -0.25) is 9.59 Å². The Labute approximate surface area is 190 Å². The summed E-state index contributed by atoms with van der Waals surface area (Å²) in [5.41, 5.74) is 6.26. The Kier molecular flexibility index (Phi) is 5.14. The molecule has 2 heterocycles. The van der Waals surface area contributed by atoms with Gasteiger partial charge in [0.15, 0.2) is 0 Å². The summed E-state index contributed by atoms with van der Waals surface area (Å²) in [7, 11) is 0. The number of anilines is 1. The van der Waals surface area contributed by atoms with Crippen LogP contribution >= 0.6 is 0 Å². The second kappa shape index (κ2) is 8.27. The van der Waals surface area contributed by atoms with Gasteiger partial charge in [-0.2, -0.15) is 5.10 Å². The summed E-state index contributed by atoms with van der Waals surface area (Å²) in [5, 5.41) is 15.3. The number of carbonyl (C=O) groups is 2. The Morgan fingerprint density at radius 2 is 1.79 bits per heavy atom. The molecule has 0 bridgehead atoms. The quantitative estimate of drug-likeness (QED) is 0.612. The summed E-state index contributed by atoms with van der Waals surface area (Å²) in [6, 6.07) is 15.3. The van der Waals surface area contributed by atoms with Gasteiger partial charge in [0.1, 0.15) is 0 Å². The summed E-state index contributed by atoms with van der Waals surface area (Å²) in [6.07, 6.45) is 9.02. The third-order valence-electron chi connectivity index (χ3n) is 5.83. The lowest BCUT2D eigenvalue weighted by Gasteiger charge is -2.19. The maximum absolute atomic E-state index is 12.9. The van der Waals surface area contributed by atoms with E-state index in [-0.39, 0.29) is 11.8 Å². The zero-order chi connectivity index (χ0) is 22.9. The van der Waals surface area contributed by atoms with E-state index in [1.165, 1.54) is 0 Å². The smallest absolute Gasteiger partial charge is 0.276 e. The minimum Gasteiger partial charge on any atom is -0.322 e. The average molecular weight is 435 g/mol. The first-order chi connectivity index (χ1) is 16.0. The standard InChI is InChI=1S/C26H21N5O2/c1-16-7-3-6-10-23(16)31-17(2)22(15-27-31)25(32)28-19-13-11-18(12-14-19)24-20-8-4-5-9-21(20)26(33)30-29-24/h3-15,21H,1-2H3,(H,28,32). The monoisotopic (exact) mass is 435 g/mol. The number of nitrogens with zero attached hydrogens (tertiary/aromatic N) is 4. The molecule has 0 saturated heterocycles. The lowest BCUT2D eigenvalue weighted by Crippen LogP contribution is -2.17. The molecule has 7 heteroatoms. The summed E-state index contributed by atoms with van der Waals surface area (Å²) in [6.45, 7) is 3.89. The van der Waals surface area contributed by atoms with Crippen molar-refractivity contribution in [1.29, 1.82) is 0 Å². The number of para-hydroxylation sites is 1. The molecule has 1 aromatic heterocycles. The molecule has 1 aliphatic carbocycles. The van der Waals surface area contributed by atoms with E-state index < -0.39 is 5.92 Å². The van der Waals surface area contributed by atoms with Crippen molar-refractivity contribution in [3.8, 4) is 5.69 Å². The number of nitrogens with one attached hydrogen (secondary N) is 1. The zero-order valence-electron chi connectivity index (χ0n) is 18.2. The van der Waals surface area contributed by atoms with Crippen molar-refractivity contribution >= 4 is 23.2 Å². The van der Waals surface area contributed by atoms with Crippen LogP contribution in [0.3, 0.4) is 0 Å². The van der Waals surface area contributed by atoms with E-state index in [0.29, 0.717) is 16.9 Å². The molecule has 3 aromatic rings. The highest BCUT2D eigenvalue weighted by atomic mass is 16.2. The summed E-state index contributed by atoms with van der Waals surface area (Å²) >= 11 is 0. The lowest BCUT2D eigenvalue weighted by atomic mass is 9.89. The van der Waals surface area contributed by atoms with Gasteiger partial charge in [0, 0.05) is 11.3 Å². The normalized spacial score (nSPS) is 16.8. The number of rotatable bonds is 4. The van der Waals surface area contributed by atoms with Crippen LogP contribution in [0.2, 0.25) is 0 Å². The largest absolute Gasteiger partial charge is 0.322 e. The molecular weight excluding hydrogens is 414 g/mol. The molecular formula is C26H21N5O2. The number of benzene rings is 2. The van der Waals surface area contributed by atoms with Gasteiger partial charge in [-0.15, -0.1) is 10.2 Å². The van der Waals surface area contributed by atoms with Crippen molar-refractivity contribution in [2.24, 2.45) is 16.1 Å². The predicted molar refractivity (Wildman–Crippen MR) is 126 cm³/mol. The highest BCUT2D eigenvalue weighted by Gasteiger charge is 2.27. The van der Waals surface area contributed by atoms with Crippen molar-refractivity contribution in [3.63, 3.8) is 0 Å². The van der Waals surface area contributed by atoms with E-state index in [0.717, 1.165) is 28.1 Å². The van der Waals surface area contributed by atoms with Crippen LogP contribution in [0.15, 0.2) is 94.8 Å². The van der Waals surface area contributed by atoms with E-state index in [2.05, 4.69) is 20.6 Å². The van der Waals surface area contributed by atoms with Crippen LogP contribution in [0.5, 0.6) is 0 Å². The molecule has 0 fully saturated rings. The van der Waals surface area contributed by atoms with E-state index >= 15 is 0 Å². The van der Waals surface area contributed by atoms with Crippen LogP contribution in [-0.4, -0.2) is 21.6 Å². The van der Waals surface area contributed by atoms with E-state index in [1.54, 1.807) is 10.9 Å². The van der Waals surface area contributed by atoms with Crippen LogP contribution in [0.4, 0.5) is 5.69 Å². The molecule has 2 aliphatic rings. The SMILES string of the molecule is Cc1ccccc1-n1ncc(C(=O)Nc2ccc(C3=C4C=CC=CC4C(=O)N=N3)cc2)c1C. The van der Waals surface area contributed by atoms with Crippen molar-refractivity contribution in [3.05, 3.63) is 107 Å². The molecule has 0 spiro atoms. The number of amides is 2. The third kappa shape index (κ3) is 3.74. The van der Waals surface area contributed by atoms with Crippen molar-refractivity contribution in [2.75, 3.05) is 5.32 Å². The molecule has 162 valence electrons. The van der Waals surface area contributed by atoms with Crippen molar-refractivity contribution in [2.45, 2.75) is 13.8 Å². The minimum atomic E-state index is -0.394. The maximum atomic E-state index is 12.9. The summed E-state index contributed by atoms with van der Waals surface area (Å²) < 4.78 is 1.78. The molecule has 1 atom stereocenters. The average Bonchev–Trinajstić information content (AvgIpc) is 3.22. The maximum Gasteiger partial charge on any atom is 0.276 e.